The molecule has 0 fully saturated rings. The SMILES string of the molecule is [2H]N([2H])S(=O)(=O)c1cc(F)c(CN2C(=O)COc3cnc4nc(OC)ccc4c32)c(F)c1. The quantitative estimate of drug-likeness (QED) is 0.640. The molecule has 0 unspecified atom stereocenters. The number of hydrogen-bond acceptors (Lipinski definition) is 7. The molecule has 12 heteroatoms. The Labute approximate surface area is 172 Å². The fraction of sp³-hybridized carbons (Fsp3) is 0.167. The Morgan fingerprint density at radius 3 is 2.73 bits per heavy atom. The predicted octanol–water partition coefficient (Wildman–Crippen LogP) is 1.49. The number of aromatic nitrogens is 2. The van der Waals surface area contributed by atoms with E-state index in [9.17, 15) is 22.0 Å². The minimum absolute atomic E-state index is 0.195. The van der Waals surface area contributed by atoms with Crippen LogP contribution in [0.25, 0.3) is 11.0 Å². The van der Waals surface area contributed by atoms with E-state index < -0.39 is 56.3 Å². The highest BCUT2D eigenvalue weighted by atomic mass is 32.2. The number of fused-ring (bicyclic) bond motifs is 3. The van der Waals surface area contributed by atoms with Gasteiger partial charge in [0.05, 0.1) is 30.4 Å². The predicted molar refractivity (Wildman–Crippen MR) is 101 cm³/mol. The van der Waals surface area contributed by atoms with E-state index in [2.05, 4.69) is 9.97 Å². The lowest BCUT2D eigenvalue weighted by Crippen LogP contribution is -2.39. The number of primary sulfonamides is 1. The second-order valence-electron chi connectivity index (χ2n) is 6.30. The smallest absolute Gasteiger partial charge is 0.265 e. The number of carbonyl (C=O) groups excluding carboxylic acids is 1. The van der Waals surface area contributed by atoms with E-state index in [1.807, 2.05) is 0 Å². The van der Waals surface area contributed by atoms with E-state index in [0.29, 0.717) is 17.5 Å². The van der Waals surface area contributed by atoms with Gasteiger partial charge in [-0.25, -0.2) is 27.3 Å². The first-order valence-electron chi connectivity index (χ1n) is 9.31. The first kappa shape index (κ1) is 17.5. The Bertz CT molecular complexity index is 1330. The summed E-state index contributed by atoms with van der Waals surface area (Å²) in [7, 11) is -3.29. The van der Waals surface area contributed by atoms with Crippen LogP contribution in [0, 0.1) is 11.6 Å². The maximum Gasteiger partial charge on any atom is 0.265 e. The van der Waals surface area contributed by atoms with Crippen molar-refractivity contribution in [1.82, 2.24) is 9.97 Å². The van der Waals surface area contributed by atoms with Crippen molar-refractivity contribution in [2.24, 2.45) is 5.13 Å². The number of methoxy groups -OCH3 is 1. The monoisotopic (exact) mass is 438 g/mol. The molecule has 1 aliphatic rings. The van der Waals surface area contributed by atoms with Crippen LogP contribution in [0.2, 0.25) is 2.82 Å². The van der Waals surface area contributed by atoms with Crippen molar-refractivity contribution < 1.29 is 34.3 Å². The molecule has 156 valence electrons. The number of amides is 1. The van der Waals surface area contributed by atoms with Crippen LogP contribution in [-0.2, 0) is 21.4 Å². The lowest BCUT2D eigenvalue weighted by molar-refractivity contribution is -0.121. The van der Waals surface area contributed by atoms with Crippen LogP contribution in [0.15, 0.2) is 35.4 Å². The zero-order chi connectivity index (χ0) is 23.2. The molecule has 1 aromatic carbocycles. The van der Waals surface area contributed by atoms with Gasteiger partial charge >= 0.3 is 0 Å². The summed E-state index contributed by atoms with van der Waals surface area (Å²) < 4.78 is 77.4. The third-order valence-electron chi connectivity index (χ3n) is 4.50. The number of sulfonamides is 1. The molecule has 30 heavy (non-hydrogen) atoms. The Balaban J connectivity index is 1.81. The second-order valence-corrected chi connectivity index (χ2v) is 7.73. The molecule has 4 rings (SSSR count). The highest BCUT2D eigenvalue weighted by Gasteiger charge is 2.30. The average molecular weight is 438 g/mol. The summed E-state index contributed by atoms with van der Waals surface area (Å²) >= 11 is 0. The summed E-state index contributed by atoms with van der Waals surface area (Å²) in [5.74, 6) is -2.65. The Kier molecular flexibility index (Phi) is 4.16. The lowest BCUT2D eigenvalue weighted by atomic mass is 10.1. The summed E-state index contributed by atoms with van der Waals surface area (Å²) in [4.78, 5) is 21.1. The molecule has 0 atom stereocenters. The molecule has 1 amide bonds. The normalized spacial score (nSPS) is 14.9. The van der Waals surface area contributed by atoms with Gasteiger partial charge in [0.1, 0.15) is 14.5 Å². The average Bonchev–Trinajstić information content (AvgIpc) is 2.76. The number of benzene rings is 1. The van der Waals surface area contributed by atoms with E-state index >= 15 is 0 Å². The Morgan fingerprint density at radius 2 is 2.07 bits per heavy atom. The Morgan fingerprint density at radius 1 is 1.33 bits per heavy atom. The van der Waals surface area contributed by atoms with Crippen LogP contribution >= 0.6 is 0 Å². The van der Waals surface area contributed by atoms with Crippen molar-refractivity contribution in [3.05, 3.63) is 47.7 Å². The molecular formula is C18H14F2N4O5S. The molecule has 0 saturated carbocycles. The number of carbonyl (C=O) groups is 1. The lowest BCUT2D eigenvalue weighted by Gasteiger charge is -2.30. The molecule has 0 aliphatic carbocycles. The minimum Gasteiger partial charge on any atom is -0.481 e. The maximum atomic E-state index is 14.7. The summed E-state index contributed by atoms with van der Waals surface area (Å²) in [6, 6.07) is 4.08. The van der Waals surface area contributed by atoms with Gasteiger partial charge < -0.3 is 14.4 Å². The van der Waals surface area contributed by atoms with E-state index in [0.717, 1.165) is 4.90 Å². The van der Waals surface area contributed by atoms with Crippen molar-refractivity contribution in [2.45, 2.75) is 11.4 Å². The maximum absolute atomic E-state index is 14.7. The van der Waals surface area contributed by atoms with Gasteiger partial charge in [-0.1, -0.05) is 0 Å². The van der Waals surface area contributed by atoms with Crippen LogP contribution in [-0.4, -0.2) is 38.0 Å². The fourth-order valence-electron chi connectivity index (χ4n) is 3.07. The first-order valence-corrected chi connectivity index (χ1v) is 9.85. The fourth-order valence-corrected chi connectivity index (χ4v) is 3.58. The number of hydrogen-bond donors (Lipinski definition) is 1. The summed E-state index contributed by atoms with van der Waals surface area (Å²) in [5.41, 5.74) is -0.182. The highest BCUT2D eigenvalue weighted by molar-refractivity contribution is 7.89. The van der Waals surface area contributed by atoms with Crippen molar-refractivity contribution >= 4 is 32.7 Å². The first-order chi connectivity index (χ1) is 15.1. The summed E-state index contributed by atoms with van der Waals surface area (Å²) in [6.07, 6.45) is 1.32. The number of ether oxygens (including phenoxy) is 2. The van der Waals surface area contributed by atoms with E-state index in [1.165, 1.54) is 19.4 Å². The molecule has 0 radical (unpaired) electrons. The molecule has 3 aromatic rings. The van der Waals surface area contributed by atoms with Crippen molar-refractivity contribution in [1.29, 1.82) is 0 Å². The molecule has 3 heterocycles. The third-order valence-corrected chi connectivity index (χ3v) is 5.33. The van der Waals surface area contributed by atoms with Crippen molar-refractivity contribution in [2.75, 3.05) is 18.6 Å². The molecule has 2 aromatic heterocycles. The highest BCUT2D eigenvalue weighted by Crippen LogP contribution is 2.39. The summed E-state index contributed by atoms with van der Waals surface area (Å²) in [5, 5.41) is -0.279. The molecule has 9 nitrogen and oxygen atoms in total. The molecule has 0 bridgehead atoms. The summed E-state index contributed by atoms with van der Waals surface area (Å²) in [6.45, 7) is -0.976. The topological polar surface area (TPSA) is 125 Å². The standard InChI is InChI=1S/C18H14F2N4O5S/c1-28-15-3-2-10-17-14(6-22-18(10)23-15)29-8-16(25)24(17)7-11-12(19)4-9(5-13(11)20)30(21,26)27/h2-6H,7-8H2,1H3,(H2,21,26,27)/i/hD2. The number of nitrogens with two attached hydrogens (primary N) is 1. The molecule has 2 N–H and O–H groups in total. The van der Waals surface area contributed by atoms with Gasteiger partial charge in [0, 0.05) is 17.0 Å². The van der Waals surface area contributed by atoms with Gasteiger partial charge in [-0.3, -0.25) is 4.79 Å². The van der Waals surface area contributed by atoms with E-state index in [-0.39, 0.29) is 23.0 Å². The van der Waals surface area contributed by atoms with Crippen LogP contribution in [0.4, 0.5) is 14.5 Å². The largest absolute Gasteiger partial charge is 0.481 e. The van der Waals surface area contributed by atoms with Gasteiger partial charge in [0.2, 0.25) is 15.9 Å². The number of rotatable bonds is 5. The second kappa shape index (κ2) is 7.15. The van der Waals surface area contributed by atoms with Crippen LogP contribution in [0.3, 0.4) is 0 Å². The molecule has 0 spiro atoms. The van der Waals surface area contributed by atoms with Crippen LogP contribution in [0.1, 0.15) is 5.56 Å². The third kappa shape index (κ3) is 3.39. The molecule has 0 saturated heterocycles. The van der Waals surface area contributed by atoms with Gasteiger partial charge in [-0.2, -0.15) is 4.98 Å². The molecule has 1 aliphatic heterocycles. The number of nitrogens with zero attached hydrogens (tertiary/aromatic N) is 3. The number of anilines is 1. The Hall–Kier alpha value is -3.38. The van der Waals surface area contributed by atoms with Gasteiger partial charge in [-0.15, -0.1) is 0 Å². The van der Waals surface area contributed by atoms with Gasteiger partial charge in [-0.05, 0) is 18.2 Å². The van der Waals surface area contributed by atoms with Crippen molar-refractivity contribution in [3.63, 3.8) is 0 Å². The van der Waals surface area contributed by atoms with Crippen LogP contribution < -0.4 is 19.5 Å². The zero-order valence-corrected chi connectivity index (χ0v) is 16.1. The minimum atomic E-state index is -4.71. The van der Waals surface area contributed by atoms with Gasteiger partial charge in [0.15, 0.2) is 18.0 Å². The van der Waals surface area contributed by atoms with Crippen LogP contribution in [0.5, 0.6) is 11.6 Å². The molecular weight excluding hydrogens is 422 g/mol. The zero-order valence-electron chi connectivity index (χ0n) is 17.3. The number of halogens is 2. The van der Waals surface area contributed by atoms with E-state index in [1.54, 1.807) is 6.07 Å². The number of pyridine rings is 2. The van der Waals surface area contributed by atoms with Crippen molar-refractivity contribution in [3.8, 4) is 11.6 Å². The van der Waals surface area contributed by atoms with E-state index in [4.69, 9.17) is 12.3 Å². The van der Waals surface area contributed by atoms with Gasteiger partial charge in [0.25, 0.3) is 5.91 Å².